The second-order valence-electron chi connectivity index (χ2n) is 6.90. The Kier molecular flexibility index (Phi) is 3.38. The van der Waals surface area contributed by atoms with Gasteiger partial charge in [0.1, 0.15) is 5.78 Å². The first-order chi connectivity index (χ1) is 8.74. The molecule has 1 atom stereocenters. The molecular weight excluding hydrogens is 236 g/mol. The molecule has 0 saturated heterocycles. The predicted molar refractivity (Wildman–Crippen MR) is 76.3 cm³/mol. The minimum Gasteiger partial charge on any atom is -0.299 e. The van der Waals surface area contributed by atoms with Gasteiger partial charge in [-0.1, -0.05) is 52.0 Å². The monoisotopic (exact) mass is 258 g/mol. The molecule has 0 saturated carbocycles. The zero-order valence-electron chi connectivity index (χ0n) is 12.2. The summed E-state index contributed by atoms with van der Waals surface area (Å²) in [6.45, 7) is 7.69. The van der Waals surface area contributed by atoms with E-state index in [4.69, 9.17) is 0 Å². The average Bonchev–Trinajstić information content (AvgIpc) is 2.33. The van der Waals surface area contributed by atoms with Gasteiger partial charge in [-0.05, 0) is 18.4 Å². The van der Waals surface area contributed by atoms with Crippen molar-refractivity contribution >= 4 is 11.6 Å². The van der Waals surface area contributed by atoms with Gasteiger partial charge < -0.3 is 0 Å². The molecule has 102 valence electrons. The summed E-state index contributed by atoms with van der Waals surface area (Å²) in [7, 11) is 0. The molecule has 2 rings (SSSR count). The summed E-state index contributed by atoms with van der Waals surface area (Å²) in [5.74, 6) is 0.301. The smallest absolute Gasteiger partial charge is 0.169 e. The lowest BCUT2D eigenvalue weighted by atomic mass is 9.67. The number of Topliss-reactive ketones (excluding diaryl/α,β-unsaturated/α-hetero) is 2. The molecule has 2 heteroatoms. The van der Waals surface area contributed by atoms with Crippen LogP contribution in [0.1, 0.15) is 56.5 Å². The van der Waals surface area contributed by atoms with Gasteiger partial charge in [0, 0.05) is 22.8 Å². The Morgan fingerprint density at radius 3 is 2.53 bits per heavy atom. The normalized spacial score (nSPS) is 23.1. The van der Waals surface area contributed by atoms with E-state index in [1.807, 2.05) is 52.0 Å². The zero-order chi connectivity index (χ0) is 14.3. The predicted octanol–water partition coefficient (Wildman–Crippen LogP) is 3.83. The SMILES string of the molecule is CC(C)(C)C(=O)CC1(C)CCc2ccccc2C1=O. The number of hydrogen-bond acceptors (Lipinski definition) is 2. The molecule has 0 amide bonds. The number of ketones is 2. The largest absolute Gasteiger partial charge is 0.299 e. The first kappa shape index (κ1) is 14.0. The Morgan fingerprint density at radius 2 is 1.89 bits per heavy atom. The maximum absolute atomic E-state index is 12.6. The van der Waals surface area contributed by atoms with Crippen LogP contribution in [0.15, 0.2) is 24.3 Å². The van der Waals surface area contributed by atoms with E-state index in [1.54, 1.807) is 0 Å². The lowest BCUT2D eigenvalue weighted by Gasteiger charge is -2.34. The Balaban J connectivity index is 2.28. The van der Waals surface area contributed by atoms with Crippen LogP contribution in [-0.2, 0) is 11.2 Å². The van der Waals surface area contributed by atoms with E-state index in [2.05, 4.69) is 0 Å². The van der Waals surface area contributed by atoms with Crippen molar-refractivity contribution in [3.05, 3.63) is 35.4 Å². The van der Waals surface area contributed by atoms with Gasteiger partial charge in [0.25, 0.3) is 0 Å². The van der Waals surface area contributed by atoms with Crippen LogP contribution in [-0.4, -0.2) is 11.6 Å². The Hall–Kier alpha value is -1.44. The van der Waals surface area contributed by atoms with Gasteiger partial charge >= 0.3 is 0 Å². The van der Waals surface area contributed by atoms with Gasteiger partial charge in [-0.3, -0.25) is 9.59 Å². The fraction of sp³-hybridized carbons (Fsp3) is 0.529. The fourth-order valence-electron chi connectivity index (χ4n) is 2.60. The van der Waals surface area contributed by atoms with Crippen molar-refractivity contribution in [2.75, 3.05) is 0 Å². The van der Waals surface area contributed by atoms with E-state index in [0.29, 0.717) is 6.42 Å². The third-order valence-electron chi connectivity index (χ3n) is 4.14. The molecule has 0 heterocycles. The number of carbonyl (C=O) groups excluding carboxylic acids is 2. The average molecular weight is 258 g/mol. The molecule has 2 nitrogen and oxygen atoms in total. The van der Waals surface area contributed by atoms with Crippen molar-refractivity contribution < 1.29 is 9.59 Å². The maximum Gasteiger partial charge on any atom is 0.169 e. The van der Waals surface area contributed by atoms with E-state index in [0.717, 1.165) is 24.0 Å². The van der Waals surface area contributed by atoms with Gasteiger partial charge in [0.15, 0.2) is 5.78 Å². The van der Waals surface area contributed by atoms with Crippen LogP contribution < -0.4 is 0 Å². The summed E-state index contributed by atoms with van der Waals surface area (Å²) in [6.07, 6.45) is 2.00. The summed E-state index contributed by atoms with van der Waals surface area (Å²) in [6, 6.07) is 7.76. The molecule has 1 aliphatic carbocycles. The van der Waals surface area contributed by atoms with Crippen LogP contribution in [0, 0.1) is 10.8 Å². The molecule has 0 radical (unpaired) electrons. The van der Waals surface area contributed by atoms with E-state index in [9.17, 15) is 9.59 Å². The van der Waals surface area contributed by atoms with Gasteiger partial charge in [-0.2, -0.15) is 0 Å². The van der Waals surface area contributed by atoms with Crippen molar-refractivity contribution in [3.63, 3.8) is 0 Å². The molecule has 1 aromatic carbocycles. The van der Waals surface area contributed by atoms with E-state index < -0.39 is 5.41 Å². The van der Waals surface area contributed by atoms with E-state index in [1.165, 1.54) is 0 Å². The van der Waals surface area contributed by atoms with Crippen molar-refractivity contribution in [2.45, 2.75) is 47.0 Å². The quantitative estimate of drug-likeness (QED) is 0.808. The Bertz CT molecular complexity index is 522. The van der Waals surface area contributed by atoms with Crippen LogP contribution in [0.3, 0.4) is 0 Å². The minimum absolute atomic E-state index is 0.131. The zero-order valence-corrected chi connectivity index (χ0v) is 12.2. The first-order valence-corrected chi connectivity index (χ1v) is 6.90. The second kappa shape index (κ2) is 4.59. The number of fused-ring (bicyclic) bond motifs is 1. The number of hydrogen-bond donors (Lipinski definition) is 0. The Labute approximate surface area is 115 Å². The van der Waals surface area contributed by atoms with Crippen molar-refractivity contribution in [3.8, 4) is 0 Å². The highest BCUT2D eigenvalue weighted by molar-refractivity contribution is 6.05. The summed E-state index contributed by atoms with van der Waals surface area (Å²) >= 11 is 0. The highest BCUT2D eigenvalue weighted by Gasteiger charge is 2.41. The maximum atomic E-state index is 12.6. The highest BCUT2D eigenvalue weighted by atomic mass is 16.1. The molecule has 0 aromatic heterocycles. The third-order valence-corrected chi connectivity index (χ3v) is 4.14. The van der Waals surface area contributed by atoms with Gasteiger partial charge in [-0.15, -0.1) is 0 Å². The summed E-state index contributed by atoms with van der Waals surface area (Å²) < 4.78 is 0. The molecule has 0 spiro atoms. The standard InChI is InChI=1S/C17H22O2/c1-16(2,3)14(18)11-17(4)10-9-12-7-5-6-8-13(12)15(17)19/h5-8H,9-11H2,1-4H3. The van der Waals surface area contributed by atoms with Crippen molar-refractivity contribution in [1.82, 2.24) is 0 Å². The van der Waals surface area contributed by atoms with E-state index >= 15 is 0 Å². The fourth-order valence-corrected chi connectivity index (χ4v) is 2.60. The van der Waals surface area contributed by atoms with Crippen LogP contribution in [0.2, 0.25) is 0 Å². The summed E-state index contributed by atoms with van der Waals surface area (Å²) in [5, 5.41) is 0. The summed E-state index contributed by atoms with van der Waals surface area (Å²) in [5.41, 5.74) is 1.02. The number of aryl methyl sites for hydroxylation is 1. The molecule has 1 aliphatic rings. The highest BCUT2D eigenvalue weighted by Crippen LogP contribution is 2.39. The molecule has 0 fully saturated rings. The van der Waals surface area contributed by atoms with Gasteiger partial charge in [-0.25, -0.2) is 0 Å². The molecule has 1 unspecified atom stereocenters. The Morgan fingerprint density at radius 1 is 1.26 bits per heavy atom. The van der Waals surface area contributed by atoms with Crippen LogP contribution >= 0.6 is 0 Å². The van der Waals surface area contributed by atoms with Crippen LogP contribution in [0.5, 0.6) is 0 Å². The molecule has 1 aromatic rings. The molecule has 19 heavy (non-hydrogen) atoms. The minimum atomic E-state index is -0.529. The number of benzene rings is 1. The van der Waals surface area contributed by atoms with E-state index in [-0.39, 0.29) is 17.0 Å². The molecule has 0 bridgehead atoms. The van der Waals surface area contributed by atoms with Crippen molar-refractivity contribution in [1.29, 1.82) is 0 Å². The topological polar surface area (TPSA) is 34.1 Å². The lowest BCUT2D eigenvalue weighted by Crippen LogP contribution is -2.38. The lowest BCUT2D eigenvalue weighted by molar-refractivity contribution is -0.128. The van der Waals surface area contributed by atoms with Gasteiger partial charge in [0.2, 0.25) is 0 Å². The second-order valence-corrected chi connectivity index (χ2v) is 6.90. The van der Waals surface area contributed by atoms with Crippen molar-refractivity contribution in [2.24, 2.45) is 10.8 Å². The van der Waals surface area contributed by atoms with Crippen LogP contribution in [0.25, 0.3) is 0 Å². The molecular formula is C17H22O2. The van der Waals surface area contributed by atoms with Gasteiger partial charge in [0.05, 0.1) is 0 Å². The van der Waals surface area contributed by atoms with Crippen LogP contribution in [0.4, 0.5) is 0 Å². The molecule has 0 aliphatic heterocycles. The number of rotatable bonds is 2. The third kappa shape index (κ3) is 2.63. The first-order valence-electron chi connectivity index (χ1n) is 6.90. The summed E-state index contributed by atoms with van der Waals surface area (Å²) in [4.78, 5) is 24.9. The molecule has 0 N–H and O–H groups in total. The number of carbonyl (C=O) groups is 2.